The van der Waals surface area contributed by atoms with Crippen LogP contribution >= 0.6 is 0 Å². The van der Waals surface area contributed by atoms with Crippen LogP contribution in [-0.2, 0) is 16.4 Å². The van der Waals surface area contributed by atoms with Gasteiger partial charge in [-0.05, 0) is 49.6 Å². The standard InChI is InChI=1S/C21H22N2O4S/c1-14-17-8-4-5-9-19(17)27-20(14)21(24)23-12-6-7-15-13-16(10-11-18(15)23)28(25,26)22(2)3/h4-5,8-11,13H,6-7,12H2,1-3H3. The summed E-state index contributed by atoms with van der Waals surface area (Å²) in [5.74, 6) is 0.136. The topological polar surface area (TPSA) is 70.8 Å². The molecule has 28 heavy (non-hydrogen) atoms. The fourth-order valence-corrected chi connectivity index (χ4v) is 4.61. The molecule has 1 aliphatic heterocycles. The van der Waals surface area contributed by atoms with E-state index in [4.69, 9.17) is 4.42 Å². The molecule has 0 spiro atoms. The van der Waals surface area contributed by atoms with Crippen molar-refractivity contribution in [2.75, 3.05) is 25.5 Å². The average molecular weight is 398 g/mol. The van der Waals surface area contributed by atoms with Crippen molar-refractivity contribution in [2.24, 2.45) is 0 Å². The lowest BCUT2D eigenvalue weighted by Gasteiger charge is -2.29. The highest BCUT2D eigenvalue weighted by Crippen LogP contribution is 2.33. The Morgan fingerprint density at radius 1 is 1.14 bits per heavy atom. The number of para-hydroxylation sites is 1. The number of furan rings is 1. The van der Waals surface area contributed by atoms with E-state index in [-0.39, 0.29) is 10.8 Å². The Labute approximate surface area is 164 Å². The van der Waals surface area contributed by atoms with E-state index < -0.39 is 10.0 Å². The summed E-state index contributed by atoms with van der Waals surface area (Å²) in [5, 5.41) is 0.926. The van der Waals surface area contributed by atoms with E-state index in [0.29, 0.717) is 17.9 Å². The molecule has 6 nitrogen and oxygen atoms in total. The summed E-state index contributed by atoms with van der Waals surface area (Å²) >= 11 is 0. The number of benzene rings is 2. The number of carbonyl (C=O) groups is 1. The van der Waals surface area contributed by atoms with Gasteiger partial charge in [0.1, 0.15) is 5.58 Å². The highest BCUT2D eigenvalue weighted by molar-refractivity contribution is 7.89. The van der Waals surface area contributed by atoms with Gasteiger partial charge >= 0.3 is 0 Å². The van der Waals surface area contributed by atoms with Gasteiger partial charge in [-0.2, -0.15) is 0 Å². The van der Waals surface area contributed by atoms with Crippen LogP contribution in [0.1, 0.15) is 28.1 Å². The molecule has 0 radical (unpaired) electrons. The fourth-order valence-electron chi connectivity index (χ4n) is 3.66. The number of aryl methyl sites for hydroxylation is 2. The summed E-state index contributed by atoms with van der Waals surface area (Å²) in [4.78, 5) is 15.2. The summed E-state index contributed by atoms with van der Waals surface area (Å²) in [6.07, 6.45) is 1.50. The first kappa shape index (κ1) is 18.7. The number of hydrogen-bond donors (Lipinski definition) is 0. The van der Waals surface area contributed by atoms with Crippen LogP contribution in [0.4, 0.5) is 5.69 Å². The number of rotatable bonds is 3. The minimum atomic E-state index is -3.51. The first-order chi connectivity index (χ1) is 13.3. The number of carbonyl (C=O) groups excluding carboxylic acids is 1. The second-order valence-electron chi connectivity index (χ2n) is 7.19. The normalized spacial score (nSPS) is 14.5. The third kappa shape index (κ3) is 2.91. The van der Waals surface area contributed by atoms with Crippen LogP contribution in [0.15, 0.2) is 51.8 Å². The molecule has 1 aliphatic rings. The van der Waals surface area contributed by atoms with Crippen molar-refractivity contribution < 1.29 is 17.6 Å². The molecule has 0 fully saturated rings. The predicted molar refractivity (Wildman–Crippen MR) is 108 cm³/mol. The Hall–Kier alpha value is -2.64. The highest BCUT2D eigenvalue weighted by atomic mass is 32.2. The van der Waals surface area contributed by atoms with E-state index in [9.17, 15) is 13.2 Å². The molecule has 7 heteroatoms. The monoisotopic (exact) mass is 398 g/mol. The molecule has 0 bridgehead atoms. The van der Waals surface area contributed by atoms with Crippen LogP contribution in [0.2, 0.25) is 0 Å². The maximum Gasteiger partial charge on any atom is 0.294 e. The van der Waals surface area contributed by atoms with E-state index in [2.05, 4.69) is 0 Å². The van der Waals surface area contributed by atoms with Gasteiger partial charge in [0, 0.05) is 37.3 Å². The van der Waals surface area contributed by atoms with Gasteiger partial charge in [0.25, 0.3) is 5.91 Å². The van der Waals surface area contributed by atoms with Crippen molar-refractivity contribution in [3.63, 3.8) is 0 Å². The minimum absolute atomic E-state index is 0.196. The van der Waals surface area contributed by atoms with E-state index in [1.54, 1.807) is 23.1 Å². The van der Waals surface area contributed by atoms with Crippen molar-refractivity contribution in [1.29, 1.82) is 0 Å². The van der Waals surface area contributed by atoms with Gasteiger partial charge in [-0.1, -0.05) is 18.2 Å². The predicted octanol–water partition coefficient (Wildman–Crippen LogP) is 3.58. The van der Waals surface area contributed by atoms with Crippen LogP contribution in [0.25, 0.3) is 11.0 Å². The quantitative estimate of drug-likeness (QED) is 0.676. The van der Waals surface area contributed by atoms with Crippen LogP contribution in [0.3, 0.4) is 0 Å². The molecule has 2 aromatic carbocycles. The highest BCUT2D eigenvalue weighted by Gasteiger charge is 2.29. The number of sulfonamides is 1. The number of nitrogens with zero attached hydrogens (tertiary/aromatic N) is 2. The van der Waals surface area contributed by atoms with Crippen molar-refractivity contribution in [2.45, 2.75) is 24.7 Å². The van der Waals surface area contributed by atoms with Crippen molar-refractivity contribution in [3.05, 3.63) is 59.4 Å². The molecule has 0 unspecified atom stereocenters. The van der Waals surface area contributed by atoms with Crippen molar-refractivity contribution >= 4 is 32.6 Å². The molecule has 4 rings (SSSR count). The van der Waals surface area contributed by atoms with Crippen LogP contribution in [0, 0.1) is 6.92 Å². The van der Waals surface area contributed by atoms with Crippen molar-refractivity contribution in [1.82, 2.24) is 4.31 Å². The Morgan fingerprint density at radius 3 is 2.61 bits per heavy atom. The number of fused-ring (bicyclic) bond motifs is 2. The van der Waals surface area contributed by atoms with Gasteiger partial charge in [-0.25, -0.2) is 12.7 Å². The third-order valence-corrected chi connectivity index (χ3v) is 7.04. The van der Waals surface area contributed by atoms with Gasteiger partial charge in [-0.3, -0.25) is 4.79 Å². The summed E-state index contributed by atoms with van der Waals surface area (Å²) in [7, 11) is -0.495. The zero-order chi connectivity index (χ0) is 20.1. The molecule has 1 amide bonds. The zero-order valence-corrected chi connectivity index (χ0v) is 16.9. The largest absolute Gasteiger partial charge is 0.451 e. The second-order valence-corrected chi connectivity index (χ2v) is 9.34. The molecule has 1 aromatic heterocycles. The number of hydrogen-bond acceptors (Lipinski definition) is 4. The molecule has 3 aromatic rings. The molecule has 0 saturated heterocycles. The van der Waals surface area contributed by atoms with E-state index >= 15 is 0 Å². The van der Waals surface area contributed by atoms with E-state index in [1.807, 2.05) is 31.2 Å². The second kappa shape index (κ2) is 6.76. The van der Waals surface area contributed by atoms with Gasteiger partial charge in [0.2, 0.25) is 10.0 Å². The Bertz CT molecular complexity index is 1180. The number of amides is 1. The lowest BCUT2D eigenvalue weighted by atomic mass is 10.0. The fraction of sp³-hybridized carbons (Fsp3) is 0.286. The summed E-state index contributed by atoms with van der Waals surface area (Å²) in [5.41, 5.74) is 3.11. The summed E-state index contributed by atoms with van der Waals surface area (Å²) in [6, 6.07) is 12.5. The summed E-state index contributed by atoms with van der Waals surface area (Å²) < 4.78 is 31.9. The smallest absolute Gasteiger partial charge is 0.294 e. The summed E-state index contributed by atoms with van der Waals surface area (Å²) in [6.45, 7) is 2.46. The minimum Gasteiger partial charge on any atom is -0.451 e. The maximum atomic E-state index is 13.2. The van der Waals surface area contributed by atoms with E-state index in [1.165, 1.54) is 18.4 Å². The third-order valence-electron chi connectivity index (χ3n) is 5.23. The average Bonchev–Trinajstić information content (AvgIpc) is 3.03. The Kier molecular flexibility index (Phi) is 4.51. The van der Waals surface area contributed by atoms with Gasteiger partial charge in [0.05, 0.1) is 4.90 Å². The van der Waals surface area contributed by atoms with Gasteiger partial charge in [0.15, 0.2) is 5.76 Å². The molecule has 2 heterocycles. The molecule has 0 saturated carbocycles. The van der Waals surface area contributed by atoms with Crippen LogP contribution in [0.5, 0.6) is 0 Å². The van der Waals surface area contributed by atoms with Gasteiger partial charge < -0.3 is 9.32 Å². The molecule has 0 aliphatic carbocycles. The van der Waals surface area contributed by atoms with E-state index in [0.717, 1.165) is 35.0 Å². The first-order valence-electron chi connectivity index (χ1n) is 9.16. The zero-order valence-electron chi connectivity index (χ0n) is 16.1. The molecular formula is C21H22N2O4S. The molecule has 0 atom stereocenters. The molecule has 0 N–H and O–H groups in total. The Morgan fingerprint density at radius 2 is 1.89 bits per heavy atom. The van der Waals surface area contributed by atoms with Crippen LogP contribution < -0.4 is 4.90 Å². The Balaban J connectivity index is 1.75. The van der Waals surface area contributed by atoms with Crippen molar-refractivity contribution in [3.8, 4) is 0 Å². The molecule has 146 valence electrons. The molecular weight excluding hydrogens is 376 g/mol. The lowest BCUT2D eigenvalue weighted by Crippen LogP contribution is -2.35. The SMILES string of the molecule is Cc1c(C(=O)N2CCCc3cc(S(=O)(=O)N(C)C)ccc32)oc2ccccc12. The number of anilines is 1. The van der Waals surface area contributed by atoms with Crippen LogP contribution in [-0.4, -0.2) is 39.3 Å². The van der Waals surface area contributed by atoms with Gasteiger partial charge in [-0.15, -0.1) is 0 Å². The first-order valence-corrected chi connectivity index (χ1v) is 10.6. The maximum absolute atomic E-state index is 13.2. The lowest BCUT2D eigenvalue weighted by molar-refractivity contribution is 0.0959.